The van der Waals surface area contributed by atoms with Crippen molar-refractivity contribution in [1.82, 2.24) is 15.5 Å². The summed E-state index contributed by atoms with van der Waals surface area (Å²) in [6.07, 6.45) is 1.47. The molecule has 5 nitrogen and oxygen atoms in total. The molecule has 18 heavy (non-hydrogen) atoms. The number of hydrogen-bond acceptors (Lipinski definition) is 5. The molecule has 0 saturated carbocycles. The van der Waals surface area contributed by atoms with E-state index in [9.17, 15) is 0 Å². The topological polar surface area (TPSA) is 60.2 Å². The van der Waals surface area contributed by atoms with Gasteiger partial charge in [0.25, 0.3) is 0 Å². The Morgan fingerprint density at radius 3 is 2.67 bits per heavy atom. The van der Waals surface area contributed by atoms with Crippen LogP contribution in [0.2, 0.25) is 0 Å². The SMILES string of the molecule is CNC(C)Cc1noc(CCOCC(C)C)n1.Cl. The van der Waals surface area contributed by atoms with Crippen molar-refractivity contribution in [3.05, 3.63) is 11.7 Å². The van der Waals surface area contributed by atoms with Gasteiger partial charge in [0.05, 0.1) is 13.0 Å². The van der Waals surface area contributed by atoms with Crippen LogP contribution < -0.4 is 5.32 Å². The Kier molecular flexibility index (Phi) is 8.97. The van der Waals surface area contributed by atoms with E-state index in [-0.39, 0.29) is 12.4 Å². The minimum atomic E-state index is 0. The van der Waals surface area contributed by atoms with Crippen LogP contribution in [-0.2, 0) is 17.6 Å². The van der Waals surface area contributed by atoms with E-state index in [0.29, 0.717) is 30.9 Å². The maximum Gasteiger partial charge on any atom is 0.228 e. The van der Waals surface area contributed by atoms with E-state index in [1.807, 2.05) is 7.05 Å². The van der Waals surface area contributed by atoms with Gasteiger partial charge in [0, 0.05) is 19.1 Å². The normalized spacial score (nSPS) is 12.5. The fraction of sp³-hybridized carbons (Fsp3) is 0.833. The van der Waals surface area contributed by atoms with Crippen molar-refractivity contribution in [3.8, 4) is 0 Å². The van der Waals surface area contributed by atoms with Crippen molar-refractivity contribution in [2.45, 2.75) is 39.7 Å². The van der Waals surface area contributed by atoms with Crippen molar-refractivity contribution in [3.63, 3.8) is 0 Å². The summed E-state index contributed by atoms with van der Waals surface area (Å²) in [5, 5.41) is 7.08. The van der Waals surface area contributed by atoms with Crippen LogP contribution in [0.5, 0.6) is 0 Å². The molecule has 6 heteroatoms. The highest BCUT2D eigenvalue weighted by atomic mass is 35.5. The second-order valence-electron chi connectivity index (χ2n) is 4.72. The van der Waals surface area contributed by atoms with Gasteiger partial charge in [-0.15, -0.1) is 12.4 Å². The van der Waals surface area contributed by atoms with E-state index in [0.717, 1.165) is 18.9 Å². The maximum absolute atomic E-state index is 5.47. The first-order chi connectivity index (χ1) is 8.11. The van der Waals surface area contributed by atoms with Gasteiger partial charge < -0.3 is 14.6 Å². The minimum absolute atomic E-state index is 0. The molecule has 1 aromatic heterocycles. The standard InChI is InChI=1S/C12H23N3O2.ClH/c1-9(2)8-16-6-5-12-14-11(15-17-12)7-10(3)13-4;/h9-10,13H,5-8H2,1-4H3;1H. The zero-order chi connectivity index (χ0) is 12.7. The largest absolute Gasteiger partial charge is 0.381 e. The average molecular weight is 278 g/mol. The number of nitrogens with zero attached hydrogens (tertiary/aromatic N) is 2. The van der Waals surface area contributed by atoms with E-state index >= 15 is 0 Å². The van der Waals surface area contributed by atoms with Gasteiger partial charge in [-0.1, -0.05) is 19.0 Å². The van der Waals surface area contributed by atoms with Crippen molar-refractivity contribution in [2.75, 3.05) is 20.3 Å². The van der Waals surface area contributed by atoms with Gasteiger partial charge >= 0.3 is 0 Å². The molecule has 1 unspecified atom stereocenters. The number of ether oxygens (including phenoxy) is 1. The van der Waals surface area contributed by atoms with Gasteiger partial charge in [-0.2, -0.15) is 4.98 Å². The molecule has 1 rings (SSSR count). The third-order valence-electron chi connectivity index (χ3n) is 2.40. The maximum atomic E-state index is 5.47. The molecule has 106 valence electrons. The van der Waals surface area contributed by atoms with Crippen molar-refractivity contribution in [1.29, 1.82) is 0 Å². The Hall–Kier alpha value is -0.650. The molecule has 0 spiro atoms. The molecule has 0 aromatic carbocycles. The molecule has 1 heterocycles. The first-order valence-corrected chi connectivity index (χ1v) is 6.18. The first kappa shape index (κ1) is 17.4. The smallest absolute Gasteiger partial charge is 0.228 e. The molecule has 0 amide bonds. The average Bonchev–Trinajstić information content (AvgIpc) is 2.72. The molecule has 0 bridgehead atoms. The third kappa shape index (κ3) is 6.93. The lowest BCUT2D eigenvalue weighted by atomic mass is 10.2. The third-order valence-corrected chi connectivity index (χ3v) is 2.40. The summed E-state index contributed by atoms with van der Waals surface area (Å²) in [5.41, 5.74) is 0. The highest BCUT2D eigenvalue weighted by molar-refractivity contribution is 5.85. The monoisotopic (exact) mass is 277 g/mol. The van der Waals surface area contributed by atoms with Gasteiger partial charge in [-0.25, -0.2) is 0 Å². The predicted molar refractivity (Wildman–Crippen MR) is 73.1 cm³/mol. The number of aromatic nitrogens is 2. The van der Waals surface area contributed by atoms with Crippen molar-refractivity contribution in [2.24, 2.45) is 5.92 Å². The highest BCUT2D eigenvalue weighted by Crippen LogP contribution is 2.02. The van der Waals surface area contributed by atoms with E-state index < -0.39 is 0 Å². The van der Waals surface area contributed by atoms with Gasteiger partial charge in [0.15, 0.2) is 5.82 Å². The first-order valence-electron chi connectivity index (χ1n) is 6.18. The summed E-state index contributed by atoms with van der Waals surface area (Å²) in [7, 11) is 1.92. The number of likely N-dealkylation sites (N-methyl/N-ethyl adjacent to an activating group) is 1. The van der Waals surface area contributed by atoms with E-state index in [2.05, 4.69) is 36.2 Å². The summed E-state index contributed by atoms with van der Waals surface area (Å²) in [6.45, 7) is 7.76. The lowest BCUT2D eigenvalue weighted by Gasteiger charge is -2.05. The van der Waals surface area contributed by atoms with Crippen LogP contribution in [-0.4, -0.2) is 36.4 Å². The predicted octanol–water partition coefficient (Wildman–Crippen LogP) is 1.86. The van der Waals surface area contributed by atoms with Crippen LogP contribution in [0, 0.1) is 5.92 Å². The lowest BCUT2D eigenvalue weighted by molar-refractivity contribution is 0.108. The Bertz CT molecular complexity index is 318. The van der Waals surface area contributed by atoms with Crippen molar-refractivity contribution >= 4 is 12.4 Å². The molecule has 0 aliphatic carbocycles. The molecular weight excluding hydrogens is 254 g/mol. The van der Waals surface area contributed by atoms with E-state index in [1.54, 1.807) is 0 Å². The molecule has 0 aliphatic rings. The van der Waals surface area contributed by atoms with Crippen molar-refractivity contribution < 1.29 is 9.26 Å². The van der Waals surface area contributed by atoms with E-state index in [4.69, 9.17) is 9.26 Å². The highest BCUT2D eigenvalue weighted by Gasteiger charge is 2.09. The van der Waals surface area contributed by atoms with Crippen LogP contribution in [0.15, 0.2) is 4.52 Å². The van der Waals surface area contributed by atoms with Crippen LogP contribution in [0.25, 0.3) is 0 Å². The molecule has 0 fully saturated rings. The fourth-order valence-electron chi connectivity index (χ4n) is 1.33. The second-order valence-corrected chi connectivity index (χ2v) is 4.72. The number of rotatable bonds is 8. The summed E-state index contributed by atoms with van der Waals surface area (Å²) in [4.78, 5) is 4.32. The summed E-state index contributed by atoms with van der Waals surface area (Å²) >= 11 is 0. The molecular formula is C12H24ClN3O2. The fourth-order valence-corrected chi connectivity index (χ4v) is 1.33. The van der Waals surface area contributed by atoms with Crippen LogP contribution >= 0.6 is 12.4 Å². The Morgan fingerprint density at radius 1 is 1.33 bits per heavy atom. The van der Waals surface area contributed by atoms with Crippen LogP contribution in [0.4, 0.5) is 0 Å². The van der Waals surface area contributed by atoms with E-state index in [1.165, 1.54) is 0 Å². The Balaban J connectivity index is 0.00000289. The molecule has 0 radical (unpaired) electrons. The molecule has 1 atom stereocenters. The summed E-state index contributed by atoms with van der Waals surface area (Å²) in [5.74, 6) is 1.97. The minimum Gasteiger partial charge on any atom is -0.381 e. The quantitative estimate of drug-likeness (QED) is 0.735. The van der Waals surface area contributed by atoms with Gasteiger partial charge in [0.2, 0.25) is 5.89 Å². The van der Waals surface area contributed by atoms with Gasteiger partial charge in [-0.05, 0) is 19.9 Å². The zero-order valence-corrected chi connectivity index (χ0v) is 12.4. The Labute approximate surface area is 115 Å². The number of nitrogens with one attached hydrogen (secondary N) is 1. The van der Waals surface area contributed by atoms with Gasteiger partial charge in [-0.3, -0.25) is 0 Å². The molecule has 1 N–H and O–H groups in total. The molecule has 1 aromatic rings. The second kappa shape index (κ2) is 9.30. The number of hydrogen-bond donors (Lipinski definition) is 1. The summed E-state index contributed by atoms with van der Waals surface area (Å²) < 4.78 is 10.6. The molecule has 0 saturated heterocycles. The Morgan fingerprint density at radius 2 is 2.06 bits per heavy atom. The zero-order valence-electron chi connectivity index (χ0n) is 11.6. The molecule has 0 aliphatic heterocycles. The lowest BCUT2D eigenvalue weighted by Crippen LogP contribution is -2.24. The van der Waals surface area contributed by atoms with Crippen LogP contribution in [0.3, 0.4) is 0 Å². The van der Waals surface area contributed by atoms with Gasteiger partial charge in [0.1, 0.15) is 0 Å². The van der Waals surface area contributed by atoms with Crippen LogP contribution in [0.1, 0.15) is 32.5 Å². The number of halogens is 1. The summed E-state index contributed by atoms with van der Waals surface area (Å²) in [6, 6.07) is 0.359.